The van der Waals surface area contributed by atoms with Crippen LogP contribution in [0.25, 0.3) is 10.9 Å². The van der Waals surface area contributed by atoms with Crippen LogP contribution in [0.5, 0.6) is 11.5 Å². The Morgan fingerprint density at radius 2 is 2.00 bits per heavy atom. The van der Waals surface area contributed by atoms with Crippen molar-refractivity contribution in [3.8, 4) is 17.6 Å². The van der Waals surface area contributed by atoms with Gasteiger partial charge in [-0.3, -0.25) is 0 Å². The summed E-state index contributed by atoms with van der Waals surface area (Å²) >= 11 is 3.38. The first-order valence-electron chi connectivity index (χ1n) is 6.40. The average molecular weight is 339 g/mol. The Hall–Kier alpha value is -2.38. The molecule has 0 N–H and O–H groups in total. The molecule has 3 nitrogen and oxygen atoms in total. The molecule has 0 radical (unpaired) electrons. The predicted molar refractivity (Wildman–Crippen MR) is 85.4 cm³/mol. The number of nitriles is 1. The molecule has 0 unspecified atom stereocenters. The Labute approximate surface area is 130 Å². The van der Waals surface area contributed by atoms with E-state index in [0.29, 0.717) is 17.1 Å². The zero-order valence-corrected chi connectivity index (χ0v) is 12.9. The van der Waals surface area contributed by atoms with Crippen molar-refractivity contribution < 1.29 is 4.74 Å². The second-order valence-corrected chi connectivity index (χ2v) is 5.59. The molecular formula is C17H11BrN2O. The Kier molecular flexibility index (Phi) is 3.59. The number of benzene rings is 2. The summed E-state index contributed by atoms with van der Waals surface area (Å²) in [7, 11) is 0. The van der Waals surface area contributed by atoms with Gasteiger partial charge in [0.05, 0.1) is 11.6 Å². The quantitative estimate of drug-likeness (QED) is 0.662. The van der Waals surface area contributed by atoms with E-state index in [9.17, 15) is 0 Å². The monoisotopic (exact) mass is 338 g/mol. The number of hydrogen-bond donors (Lipinski definition) is 0. The van der Waals surface area contributed by atoms with Gasteiger partial charge in [0.1, 0.15) is 11.3 Å². The molecule has 0 aliphatic rings. The number of fused-ring (bicyclic) bond motifs is 1. The van der Waals surface area contributed by atoms with Crippen LogP contribution in [0.2, 0.25) is 0 Å². The van der Waals surface area contributed by atoms with Gasteiger partial charge in [0.15, 0.2) is 5.75 Å². The maximum Gasteiger partial charge on any atom is 0.153 e. The number of halogens is 1. The van der Waals surface area contributed by atoms with Crippen LogP contribution in [0.4, 0.5) is 0 Å². The van der Waals surface area contributed by atoms with E-state index in [2.05, 4.69) is 27.0 Å². The summed E-state index contributed by atoms with van der Waals surface area (Å²) in [6, 6.07) is 17.2. The molecule has 0 atom stereocenters. The highest BCUT2D eigenvalue weighted by Crippen LogP contribution is 2.30. The molecule has 102 valence electrons. The summed E-state index contributed by atoms with van der Waals surface area (Å²) in [6.45, 7) is 1.95. The fourth-order valence-corrected chi connectivity index (χ4v) is 2.59. The highest BCUT2D eigenvalue weighted by molar-refractivity contribution is 9.10. The van der Waals surface area contributed by atoms with Gasteiger partial charge < -0.3 is 4.74 Å². The van der Waals surface area contributed by atoms with Gasteiger partial charge in [-0.05, 0) is 37.3 Å². The molecule has 1 aromatic heterocycles. The van der Waals surface area contributed by atoms with Gasteiger partial charge in [0.2, 0.25) is 0 Å². The molecular weight excluding hydrogens is 328 g/mol. The molecule has 0 spiro atoms. The summed E-state index contributed by atoms with van der Waals surface area (Å²) in [5.41, 5.74) is 2.30. The summed E-state index contributed by atoms with van der Waals surface area (Å²) in [4.78, 5) is 4.54. The molecule has 0 aliphatic carbocycles. The number of aromatic nitrogens is 1. The van der Waals surface area contributed by atoms with Gasteiger partial charge in [-0.25, -0.2) is 4.98 Å². The van der Waals surface area contributed by atoms with Crippen LogP contribution in [-0.4, -0.2) is 4.98 Å². The summed E-state index contributed by atoms with van der Waals surface area (Å²) in [5, 5.41) is 10.0. The first-order chi connectivity index (χ1) is 10.2. The lowest BCUT2D eigenvalue weighted by molar-refractivity contribution is 0.486. The van der Waals surface area contributed by atoms with Crippen LogP contribution in [0, 0.1) is 18.3 Å². The molecule has 0 saturated carbocycles. The summed E-state index contributed by atoms with van der Waals surface area (Å²) < 4.78 is 6.73. The first-order valence-corrected chi connectivity index (χ1v) is 7.20. The lowest BCUT2D eigenvalue weighted by Crippen LogP contribution is -1.90. The Morgan fingerprint density at radius 3 is 2.81 bits per heavy atom. The second kappa shape index (κ2) is 5.55. The number of para-hydroxylation sites is 1. The van der Waals surface area contributed by atoms with Crippen LogP contribution in [0.1, 0.15) is 11.3 Å². The molecule has 21 heavy (non-hydrogen) atoms. The van der Waals surface area contributed by atoms with E-state index in [-0.39, 0.29) is 0 Å². The van der Waals surface area contributed by atoms with Gasteiger partial charge in [0.25, 0.3) is 0 Å². The van der Waals surface area contributed by atoms with E-state index in [1.165, 1.54) is 0 Å². The van der Waals surface area contributed by atoms with Crippen molar-refractivity contribution >= 4 is 26.8 Å². The number of hydrogen-bond acceptors (Lipinski definition) is 3. The number of rotatable bonds is 2. The second-order valence-electron chi connectivity index (χ2n) is 4.67. The number of ether oxygens (including phenoxy) is 1. The van der Waals surface area contributed by atoms with Crippen molar-refractivity contribution in [1.82, 2.24) is 4.98 Å². The minimum Gasteiger partial charge on any atom is -0.455 e. The molecule has 1 heterocycles. The molecule has 0 bridgehead atoms. The smallest absolute Gasteiger partial charge is 0.153 e. The third kappa shape index (κ3) is 2.88. The van der Waals surface area contributed by atoms with E-state index in [1.54, 1.807) is 12.1 Å². The highest BCUT2D eigenvalue weighted by Gasteiger charge is 2.07. The van der Waals surface area contributed by atoms with Gasteiger partial charge in [-0.2, -0.15) is 5.26 Å². The SMILES string of the molecule is Cc1ccc2cccc(Oc3cc(Br)cc(C#N)c3)c2n1. The Morgan fingerprint density at radius 1 is 1.14 bits per heavy atom. The number of nitrogens with zero attached hydrogens (tertiary/aromatic N) is 2. The van der Waals surface area contributed by atoms with Crippen LogP contribution in [-0.2, 0) is 0 Å². The van der Waals surface area contributed by atoms with Crippen LogP contribution in [0.3, 0.4) is 0 Å². The Bertz CT molecular complexity index is 868. The van der Waals surface area contributed by atoms with Gasteiger partial charge in [0, 0.05) is 15.6 Å². The first kappa shape index (κ1) is 13.6. The third-order valence-electron chi connectivity index (χ3n) is 3.05. The topological polar surface area (TPSA) is 45.9 Å². The lowest BCUT2D eigenvalue weighted by atomic mass is 10.2. The van der Waals surface area contributed by atoms with Crippen LogP contribution in [0.15, 0.2) is 53.0 Å². The lowest BCUT2D eigenvalue weighted by Gasteiger charge is -2.09. The molecule has 0 amide bonds. The summed E-state index contributed by atoms with van der Waals surface area (Å²) in [5.74, 6) is 1.29. The van der Waals surface area contributed by atoms with Gasteiger partial charge >= 0.3 is 0 Å². The molecule has 4 heteroatoms. The molecule has 2 aromatic carbocycles. The fraction of sp³-hybridized carbons (Fsp3) is 0.0588. The van der Waals surface area contributed by atoms with E-state index >= 15 is 0 Å². The fourth-order valence-electron chi connectivity index (χ4n) is 2.11. The zero-order chi connectivity index (χ0) is 14.8. The van der Waals surface area contributed by atoms with E-state index in [1.807, 2.05) is 43.3 Å². The molecule has 3 rings (SSSR count). The standard InChI is InChI=1S/C17H11BrN2O/c1-11-5-6-13-3-2-4-16(17(13)20-11)21-15-8-12(10-19)7-14(18)9-15/h2-9H,1H3. The van der Waals surface area contributed by atoms with E-state index < -0.39 is 0 Å². The summed E-state index contributed by atoms with van der Waals surface area (Å²) in [6.07, 6.45) is 0. The van der Waals surface area contributed by atoms with E-state index in [0.717, 1.165) is 21.1 Å². The van der Waals surface area contributed by atoms with E-state index in [4.69, 9.17) is 10.00 Å². The maximum atomic E-state index is 9.02. The van der Waals surface area contributed by atoms with Gasteiger partial charge in [-0.15, -0.1) is 0 Å². The third-order valence-corrected chi connectivity index (χ3v) is 3.51. The van der Waals surface area contributed by atoms with Gasteiger partial charge in [-0.1, -0.05) is 34.1 Å². The number of pyridine rings is 1. The minimum absolute atomic E-state index is 0.545. The maximum absolute atomic E-state index is 9.02. The van der Waals surface area contributed by atoms with Crippen LogP contribution < -0.4 is 4.74 Å². The minimum atomic E-state index is 0.545. The van der Waals surface area contributed by atoms with Crippen molar-refractivity contribution in [2.45, 2.75) is 6.92 Å². The van der Waals surface area contributed by atoms with Crippen molar-refractivity contribution in [2.75, 3.05) is 0 Å². The molecule has 3 aromatic rings. The van der Waals surface area contributed by atoms with Crippen molar-refractivity contribution in [1.29, 1.82) is 5.26 Å². The Balaban J connectivity index is 2.08. The van der Waals surface area contributed by atoms with Crippen molar-refractivity contribution in [2.24, 2.45) is 0 Å². The molecule has 0 saturated heterocycles. The molecule has 0 aliphatic heterocycles. The van der Waals surface area contributed by atoms with Crippen molar-refractivity contribution in [3.05, 3.63) is 64.3 Å². The highest BCUT2D eigenvalue weighted by atomic mass is 79.9. The molecule has 0 fully saturated rings. The largest absolute Gasteiger partial charge is 0.455 e. The number of aryl methyl sites for hydroxylation is 1. The normalized spacial score (nSPS) is 10.3. The average Bonchev–Trinajstić information content (AvgIpc) is 2.47. The van der Waals surface area contributed by atoms with Crippen LogP contribution >= 0.6 is 15.9 Å². The predicted octanol–water partition coefficient (Wildman–Crippen LogP) is 4.97. The van der Waals surface area contributed by atoms with Crippen molar-refractivity contribution in [3.63, 3.8) is 0 Å². The zero-order valence-electron chi connectivity index (χ0n) is 11.3.